The van der Waals surface area contributed by atoms with Gasteiger partial charge in [-0.1, -0.05) is 18.2 Å². The minimum Gasteiger partial charge on any atom is -0.493 e. The summed E-state index contributed by atoms with van der Waals surface area (Å²) >= 11 is 0. The van der Waals surface area contributed by atoms with Gasteiger partial charge in [-0.05, 0) is 29.8 Å². The maximum atomic E-state index is 12.4. The lowest BCUT2D eigenvalue weighted by molar-refractivity contribution is -0.130. The van der Waals surface area contributed by atoms with Gasteiger partial charge in [0.15, 0.2) is 11.5 Å². The number of rotatable bonds is 8. The van der Waals surface area contributed by atoms with Gasteiger partial charge < -0.3 is 19.4 Å². The third-order valence-electron chi connectivity index (χ3n) is 4.30. The lowest BCUT2D eigenvalue weighted by Gasteiger charge is -2.18. The van der Waals surface area contributed by atoms with Crippen LogP contribution in [-0.2, 0) is 17.8 Å². The Balaban J connectivity index is 1.58. The Labute approximate surface area is 161 Å². The molecule has 0 spiro atoms. The summed E-state index contributed by atoms with van der Waals surface area (Å²) < 4.78 is 34.3. The van der Waals surface area contributed by atoms with Gasteiger partial charge in [-0.3, -0.25) is 4.79 Å². The number of nitrogens with zero attached hydrogens (tertiary/aromatic N) is 2. The number of alkyl halides is 2. The Bertz CT molecular complexity index is 926. The molecule has 1 amide bonds. The molecule has 3 aromatic rings. The standard InChI is InChI=1S/C20H21F2N3O3/c1-25(12-13-7-8-16(28-20(21)22)17(11-13)27-2)19(26)10-9-18-23-14-5-3-4-6-15(14)24-18/h3-8,11,20H,9-10,12H2,1-2H3,(H,23,24). The fraction of sp³-hybridized carbons (Fsp3) is 0.300. The fourth-order valence-electron chi connectivity index (χ4n) is 2.91. The molecule has 8 heteroatoms. The topological polar surface area (TPSA) is 67.5 Å². The molecule has 0 unspecified atom stereocenters. The van der Waals surface area contributed by atoms with Crippen molar-refractivity contribution >= 4 is 16.9 Å². The fourth-order valence-corrected chi connectivity index (χ4v) is 2.91. The molecule has 0 aliphatic carbocycles. The lowest BCUT2D eigenvalue weighted by atomic mass is 10.1. The third-order valence-corrected chi connectivity index (χ3v) is 4.30. The molecule has 0 radical (unpaired) electrons. The quantitative estimate of drug-likeness (QED) is 0.637. The second kappa shape index (κ2) is 8.69. The first-order chi connectivity index (χ1) is 13.5. The number of methoxy groups -OCH3 is 1. The second-order valence-corrected chi connectivity index (χ2v) is 6.31. The molecule has 28 heavy (non-hydrogen) atoms. The van der Waals surface area contributed by atoms with Crippen molar-refractivity contribution in [2.45, 2.75) is 26.0 Å². The number of carbonyl (C=O) groups excluding carboxylic acids is 1. The molecule has 0 bridgehead atoms. The van der Waals surface area contributed by atoms with E-state index in [0.29, 0.717) is 19.4 Å². The van der Waals surface area contributed by atoms with Crippen LogP contribution in [0.2, 0.25) is 0 Å². The summed E-state index contributed by atoms with van der Waals surface area (Å²) in [6.45, 7) is -2.60. The van der Waals surface area contributed by atoms with Gasteiger partial charge >= 0.3 is 6.61 Å². The third kappa shape index (κ3) is 4.76. The van der Waals surface area contributed by atoms with Gasteiger partial charge in [0.25, 0.3) is 0 Å². The van der Waals surface area contributed by atoms with E-state index in [2.05, 4.69) is 14.7 Å². The first-order valence-corrected chi connectivity index (χ1v) is 8.75. The normalized spacial score (nSPS) is 11.0. The maximum absolute atomic E-state index is 12.4. The van der Waals surface area contributed by atoms with Crippen LogP contribution in [-0.4, -0.2) is 41.5 Å². The van der Waals surface area contributed by atoms with Gasteiger partial charge in [-0.2, -0.15) is 8.78 Å². The molecule has 1 N–H and O–H groups in total. The van der Waals surface area contributed by atoms with Crippen molar-refractivity contribution in [3.8, 4) is 11.5 Å². The van der Waals surface area contributed by atoms with E-state index in [9.17, 15) is 13.6 Å². The van der Waals surface area contributed by atoms with Gasteiger partial charge in [0.05, 0.1) is 18.1 Å². The van der Waals surface area contributed by atoms with Crippen LogP contribution in [0.3, 0.4) is 0 Å². The number of carbonyl (C=O) groups is 1. The molecule has 1 heterocycles. The van der Waals surface area contributed by atoms with E-state index >= 15 is 0 Å². The summed E-state index contributed by atoms with van der Waals surface area (Å²) in [6, 6.07) is 12.3. The molecule has 0 atom stereocenters. The van der Waals surface area contributed by atoms with Crippen LogP contribution in [0.4, 0.5) is 8.78 Å². The number of imidazole rings is 1. The summed E-state index contributed by atoms with van der Waals surface area (Å²) in [4.78, 5) is 21.7. The number of hydrogen-bond donors (Lipinski definition) is 1. The van der Waals surface area contributed by atoms with E-state index in [4.69, 9.17) is 4.74 Å². The molecule has 2 aromatic carbocycles. The first kappa shape index (κ1) is 19.6. The predicted octanol–water partition coefficient (Wildman–Crippen LogP) is 3.76. The molecule has 0 aliphatic rings. The highest BCUT2D eigenvalue weighted by atomic mass is 19.3. The van der Waals surface area contributed by atoms with Crippen LogP contribution in [0.15, 0.2) is 42.5 Å². The Morgan fingerprint density at radius 3 is 2.71 bits per heavy atom. The number of amides is 1. The SMILES string of the molecule is COc1cc(CN(C)C(=O)CCc2nc3ccccc3[nH]2)ccc1OC(F)F. The highest BCUT2D eigenvalue weighted by Gasteiger charge is 2.14. The number of H-pyrrole nitrogens is 1. The Hall–Kier alpha value is -3.16. The molecular weight excluding hydrogens is 368 g/mol. The number of halogens is 2. The zero-order chi connectivity index (χ0) is 20.1. The molecule has 148 valence electrons. The van der Waals surface area contributed by atoms with Gasteiger partial charge in [0, 0.05) is 26.4 Å². The maximum Gasteiger partial charge on any atom is 0.387 e. The van der Waals surface area contributed by atoms with E-state index < -0.39 is 6.61 Å². The zero-order valence-corrected chi connectivity index (χ0v) is 15.6. The van der Waals surface area contributed by atoms with E-state index in [1.807, 2.05) is 24.3 Å². The van der Waals surface area contributed by atoms with Crippen molar-refractivity contribution in [1.29, 1.82) is 0 Å². The molecule has 1 aromatic heterocycles. The highest BCUT2D eigenvalue weighted by Crippen LogP contribution is 2.29. The van der Waals surface area contributed by atoms with Gasteiger partial charge in [0.1, 0.15) is 5.82 Å². The number of ether oxygens (including phenoxy) is 2. The van der Waals surface area contributed by atoms with Gasteiger partial charge in [0.2, 0.25) is 5.91 Å². The number of aromatic amines is 1. The molecule has 0 saturated heterocycles. The number of fused-ring (bicyclic) bond motifs is 1. The average Bonchev–Trinajstić information content (AvgIpc) is 3.09. The first-order valence-electron chi connectivity index (χ1n) is 8.75. The van der Waals surface area contributed by atoms with Crippen molar-refractivity contribution in [1.82, 2.24) is 14.9 Å². The summed E-state index contributed by atoms with van der Waals surface area (Å²) in [5.41, 5.74) is 2.56. The van der Waals surface area contributed by atoms with Gasteiger partial charge in [-0.15, -0.1) is 0 Å². The minimum absolute atomic E-state index is 0.0416. The lowest BCUT2D eigenvalue weighted by Crippen LogP contribution is -2.26. The molecule has 0 saturated carbocycles. The Kier molecular flexibility index (Phi) is 6.08. The van der Waals surface area contributed by atoms with Crippen LogP contribution in [0, 0.1) is 0 Å². The highest BCUT2D eigenvalue weighted by molar-refractivity contribution is 5.77. The van der Waals surface area contributed by atoms with Crippen LogP contribution < -0.4 is 9.47 Å². The molecule has 6 nitrogen and oxygen atoms in total. The monoisotopic (exact) mass is 389 g/mol. The number of hydrogen-bond acceptors (Lipinski definition) is 4. The Morgan fingerprint density at radius 2 is 2.00 bits per heavy atom. The summed E-state index contributed by atoms with van der Waals surface area (Å²) in [7, 11) is 3.07. The summed E-state index contributed by atoms with van der Waals surface area (Å²) in [5, 5.41) is 0. The Morgan fingerprint density at radius 1 is 1.21 bits per heavy atom. The average molecular weight is 389 g/mol. The molecule has 0 fully saturated rings. The van der Waals surface area contributed by atoms with Crippen LogP contribution >= 0.6 is 0 Å². The van der Waals surface area contributed by atoms with Crippen LogP contribution in [0.25, 0.3) is 11.0 Å². The van der Waals surface area contributed by atoms with Crippen LogP contribution in [0.1, 0.15) is 17.8 Å². The van der Waals surface area contributed by atoms with Crippen LogP contribution in [0.5, 0.6) is 11.5 Å². The molecule has 3 rings (SSSR count). The van der Waals surface area contributed by atoms with Crippen molar-refractivity contribution in [3.63, 3.8) is 0 Å². The van der Waals surface area contributed by atoms with Crippen molar-refractivity contribution in [2.75, 3.05) is 14.2 Å². The summed E-state index contributed by atoms with van der Waals surface area (Å²) in [5.74, 6) is 0.867. The van der Waals surface area contributed by atoms with E-state index in [1.165, 1.54) is 13.2 Å². The number of nitrogens with one attached hydrogen (secondary N) is 1. The van der Waals surface area contributed by atoms with E-state index in [0.717, 1.165) is 22.4 Å². The predicted molar refractivity (Wildman–Crippen MR) is 101 cm³/mol. The minimum atomic E-state index is -2.93. The van der Waals surface area contributed by atoms with Crippen molar-refractivity contribution in [3.05, 3.63) is 53.9 Å². The number of para-hydroxylation sites is 2. The number of aromatic nitrogens is 2. The number of benzene rings is 2. The molecular formula is C20H21F2N3O3. The smallest absolute Gasteiger partial charge is 0.387 e. The summed E-state index contributed by atoms with van der Waals surface area (Å²) in [6.07, 6.45) is 0.808. The largest absolute Gasteiger partial charge is 0.493 e. The number of aryl methyl sites for hydroxylation is 1. The zero-order valence-electron chi connectivity index (χ0n) is 15.6. The van der Waals surface area contributed by atoms with E-state index in [-0.39, 0.29) is 17.4 Å². The molecule has 0 aliphatic heterocycles. The van der Waals surface area contributed by atoms with Gasteiger partial charge in [-0.25, -0.2) is 4.98 Å². The van der Waals surface area contributed by atoms with Crippen molar-refractivity contribution in [2.24, 2.45) is 0 Å². The van der Waals surface area contributed by atoms with E-state index in [1.54, 1.807) is 24.1 Å². The van der Waals surface area contributed by atoms with Crippen molar-refractivity contribution < 1.29 is 23.0 Å². The second-order valence-electron chi connectivity index (χ2n) is 6.31.